The highest BCUT2D eigenvalue weighted by atomic mass is 16.2. The summed E-state index contributed by atoms with van der Waals surface area (Å²) in [6, 6.07) is 15.6. The maximum Gasteiger partial charge on any atom is 0.258 e. The summed E-state index contributed by atoms with van der Waals surface area (Å²) in [6.45, 7) is 1.27. The minimum absolute atomic E-state index is 0.0490. The van der Waals surface area contributed by atoms with Crippen molar-refractivity contribution in [1.29, 1.82) is 0 Å². The van der Waals surface area contributed by atoms with E-state index in [4.69, 9.17) is 0 Å². The molecule has 0 saturated heterocycles. The topological polar surface area (TPSA) is 49.4 Å². The standard InChI is InChI=1S/C24H28N2O2/c27-23(16-18-7-3-1-4-8-18)25-17-19-11-12-22-21(15-19)13-14-26(22)24(28)20-9-5-2-6-10-20/h2,5-6,9-12,15,18H,1,3-4,7-8,13-14,16-17H2,(H,25,27). The van der Waals surface area contributed by atoms with E-state index in [-0.39, 0.29) is 11.8 Å². The fourth-order valence-corrected chi connectivity index (χ4v) is 4.44. The summed E-state index contributed by atoms with van der Waals surface area (Å²) in [7, 11) is 0. The molecule has 0 aromatic heterocycles. The lowest BCUT2D eigenvalue weighted by Crippen LogP contribution is -2.28. The van der Waals surface area contributed by atoms with Gasteiger partial charge >= 0.3 is 0 Å². The van der Waals surface area contributed by atoms with Crippen LogP contribution in [0.1, 0.15) is 60.0 Å². The van der Waals surface area contributed by atoms with Crippen molar-refractivity contribution in [3.8, 4) is 0 Å². The average Bonchev–Trinajstić information content (AvgIpc) is 3.16. The second-order valence-electron chi connectivity index (χ2n) is 8.02. The number of nitrogens with zero attached hydrogens (tertiary/aromatic N) is 1. The Kier molecular flexibility index (Phi) is 5.75. The SMILES string of the molecule is O=C(CC1CCCCC1)NCc1ccc2c(c1)CCN2C(=O)c1ccccc1. The predicted octanol–water partition coefficient (Wildman–Crippen LogP) is 4.48. The van der Waals surface area contributed by atoms with E-state index in [0.29, 0.717) is 25.4 Å². The van der Waals surface area contributed by atoms with Crippen molar-refractivity contribution in [2.75, 3.05) is 11.4 Å². The molecule has 4 nitrogen and oxygen atoms in total. The van der Waals surface area contributed by atoms with Crippen molar-refractivity contribution in [3.05, 3.63) is 65.2 Å². The van der Waals surface area contributed by atoms with E-state index in [0.717, 1.165) is 23.2 Å². The molecular weight excluding hydrogens is 348 g/mol. The van der Waals surface area contributed by atoms with Crippen LogP contribution in [0.5, 0.6) is 0 Å². The number of amides is 2. The molecule has 4 heteroatoms. The molecule has 1 N–H and O–H groups in total. The summed E-state index contributed by atoms with van der Waals surface area (Å²) in [5.74, 6) is 0.771. The van der Waals surface area contributed by atoms with Gasteiger partial charge in [-0.1, -0.05) is 49.6 Å². The molecular formula is C24H28N2O2. The van der Waals surface area contributed by atoms with Crippen LogP contribution in [0, 0.1) is 5.92 Å². The van der Waals surface area contributed by atoms with Crippen LogP contribution in [0.4, 0.5) is 5.69 Å². The van der Waals surface area contributed by atoms with Crippen molar-refractivity contribution in [3.63, 3.8) is 0 Å². The summed E-state index contributed by atoms with van der Waals surface area (Å²) in [4.78, 5) is 26.9. The van der Waals surface area contributed by atoms with Crippen LogP contribution in [0.25, 0.3) is 0 Å². The summed E-state index contributed by atoms with van der Waals surface area (Å²) in [5, 5.41) is 3.08. The zero-order chi connectivity index (χ0) is 19.3. The first-order chi connectivity index (χ1) is 13.7. The Labute approximate surface area is 166 Å². The normalized spacial score (nSPS) is 16.6. The van der Waals surface area contributed by atoms with Crippen LogP contribution >= 0.6 is 0 Å². The number of hydrogen-bond donors (Lipinski definition) is 1. The number of benzene rings is 2. The second kappa shape index (κ2) is 8.59. The first kappa shape index (κ1) is 18.7. The van der Waals surface area contributed by atoms with Crippen LogP contribution in [0.3, 0.4) is 0 Å². The van der Waals surface area contributed by atoms with Crippen molar-refractivity contribution in [1.82, 2.24) is 5.32 Å². The molecule has 1 fully saturated rings. The average molecular weight is 377 g/mol. The van der Waals surface area contributed by atoms with Gasteiger partial charge in [-0.05, 0) is 54.5 Å². The highest BCUT2D eigenvalue weighted by Gasteiger charge is 2.25. The van der Waals surface area contributed by atoms with Crippen LogP contribution in [-0.2, 0) is 17.8 Å². The predicted molar refractivity (Wildman–Crippen MR) is 111 cm³/mol. The van der Waals surface area contributed by atoms with Crippen molar-refractivity contribution in [2.45, 2.75) is 51.5 Å². The minimum atomic E-state index is 0.0490. The molecule has 0 unspecified atom stereocenters. The van der Waals surface area contributed by atoms with E-state index in [1.165, 1.54) is 37.7 Å². The Morgan fingerprint density at radius 3 is 2.57 bits per heavy atom. The number of hydrogen-bond acceptors (Lipinski definition) is 2. The lowest BCUT2D eigenvalue weighted by molar-refractivity contribution is -0.122. The molecule has 0 bridgehead atoms. The number of carbonyl (C=O) groups is 2. The van der Waals surface area contributed by atoms with Gasteiger partial charge in [0.05, 0.1) is 0 Å². The first-order valence-corrected chi connectivity index (χ1v) is 10.5. The molecule has 2 amide bonds. The highest BCUT2D eigenvalue weighted by Crippen LogP contribution is 2.30. The zero-order valence-corrected chi connectivity index (χ0v) is 16.3. The third-order valence-electron chi connectivity index (χ3n) is 5.99. The van der Waals surface area contributed by atoms with E-state index in [1.54, 1.807) is 0 Å². The van der Waals surface area contributed by atoms with Crippen LogP contribution in [0.15, 0.2) is 48.5 Å². The van der Waals surface area contributed by atoms with Crippen LogP contribution < -0.4 is 10.2 Å². The summed E-state index contributed by atoms with van der Waals surface area (Å²) >= 11 is 0. The highest BCUT2D eigenvalue weighted by molar-refractivity contribution is 6.07. The Bertz CT molecular complexity index is 841. The quantitative estimate of drug-likeness (QED) is 0.837. The van der Waals surface area contributed by atoms with Gasteiger partial charge in [0.25, 0.3) is 5.91 Å². The molecule has 1 saturated carbocycles. The molecule has 1 aliphatic heterocycles. The Balaban J connectivity index is 1.35. The monoisotopic (exact) mass is 376 g/mol. The maximum absolute atomic E-state index is 12.8. The number of anilines is 1. The largest absolute Gasteiger partial charge is 0.352 e. The maximum atomic E-state index is 12.8. The Hall–Kier alpha value is -2.62. The molecule has 2 aromatic carbocycles. The van der Waals surface area contributed by atoms with Gasteiger partial charge in [-0.2, -0.15) is 0 Å². The van der Waals surface area contributed by atoms with Gasteiger partial charge in [0, 0.05) is 30.8 Å². The molecule has 1 aliphatic carbocycles. The Morgan fingerprint density at radius 2 is 1.79 bits per heavy atom. The fraction of sp³-hybridized carbons (Fsp3) is 0.417. The van der Waals surface area contributed by atoms with Gasteiger partial charge in [0.15, 0.2) is 0 Å². The molecule has 0 radical (unpaired) electrons. The number of fused-ring (bicyclic) bond motifs is 1. The molecule has 1 heterocycles. The molecule has 0 spiro atoms. The third kappa shape index (κ3) is 4.27. The first-order valence-electron chi connectivity index (χ1n) is 10.5. The van der Waals surface area contributed by atoms with Gasteiger partial charge in [-0.15, -0.1) is 0 Å². The fourth-order valence-electron chi connectivity index (χ4n) is 4.44. The minimum Gasteiger partial charge on any atom is -0.352 e. The van der Waals surface area contributed by atoms with Gasteiger partial charge in [-0.25, -0.2) is 0 Å². The van der Waals surface area contributed by atoms with E-state index < -0.39 is 0 Å². The van der Waals surface area contributed by atoms with Crippen molar-refractivity contribution in [2.24, 2.45) is 5.92 Å². The van der Waals surface area contributed by atoms with Crippen molar-refractivity contribution < 1.29 is 9.59 Å². The second-order valence-corrected chi connectivity index (χ2v) is 8.02. The van der Waals surface area contributed by atoms with E-state index in [2.05, 4.69) is 11.4 Å². The van der Waals surface area contributed by atoms with Crippen LogP contribution in [-0.4, -0.2) is 18.4 Å². The number of carbonyl (C=O) groups excluding carboxylic acids is 2. The third-order valence-corrected chi connectivity index (χ3v) is 5.99. The van der Waals surface area contributed by atoms with Gasteiger partial charge in [0.2, 0.25) is 5.91 Å². The Morgan fingerprint density at radius 1 is 1.00 bits per heavy atom. The molecule has 0 atom stereocenters. The van der Waals surface area contributed by atoms with Crippen molar-refractivity contribution >= 4 is 17.5 Å². The van der Waals surface area contributed by atoms with E-state index in [9.17, 15) is 9.59 Å². The molecule has 28 heavy (non-hydrogen) atoms. The smallest absolute Gasteiger partial charge is 0.258 e. The summed E-state index contributed by atoms with van der Waals surface area (Å²) < 4.78 is 0. The number of nitrogens with one attached hydrogen (secondary N) is 1. The van der Waals surface area contributed by atoms with E-state index >= 15 is 0 Å². The molecule has 4 rings (SSSR count). The summed E-state index contributed by atoms with van der Waals surface area (Å²) in [6.07, 6.45) is 7.75. The van der Waals surface area contributed by atoms with Gasteiger partial charge in [0.1, 0.15) is 0 Å². The molecule has 2 aliphatic rings. The lowest BCUT2D eigenvalue weighted by atomic mass is 9.87. The van der Waals surface area contributed by atoms with E-state index in [1.807, 2.05) is 47.4 Å². The molecule has 2 aromatic rings. The van der Waals surface area contributed by atoms with Crippen LogP contribution in [0.2, 0.25) is 0 Å². The number of rotatable bonds is 5. The van der Waals surface area contributed by atoms with Gasteiger partial charge < -0.3 is 10.2 Å². The zero-order valence-electron chi connectivity index (χ0n) is 16.3. The lowest BCUT2D eigenvalue weighted by Gasteiger charge is -2.21. The summed E-state index contributed by atoms with van der Waals surface area (Å²) in [5.41, 5.74) is 3.99. The van der Waals surface area contributed by atoms with Gasteiger partial charge in [-0.3, -0.25) is 9.59 Å². The molecule has 146 valence electrons.